The quantitative estimate of drug-likeness (QED) is 0.347. The predicted octanol–water partition coefficient (Wildman–Crippen LogP) is 3.75. The van der Waals surface area contributed by atoms with Crippen molar-refractivity contribution in [1.82, 2.24) is 0 Å². The molecule has 0 aromatic rings. The van der Waals surface area contributed by atoms with Crippen LogP contribution in [0.5, 0.6) is 0 Å². The number of hydrogen-bond donors (Lipinski definition) is 0. The Hall–Kier alpha value is -1.05. The summed E-state index contributed by atoms with van der Waals surface area (Å²) in [4.78, 5) is 0. The average Bonchev–Trinajstić information content (AvgIpc) is 2.14. The van der Waals surface area contributed by atoms with Crippen molar-refractivity contribution in [3.05, 3.63) is 36.4 Å². The van der Waals surface area contributed by atoms with Gasteiger partial charge in [-0.2, -0.15) is 0 Å². The molecule has 0 bridgehead atoms. The molecule has 0 unspecified atom stereocenters. The number of ether oxygens (including phenoxy) is 1. The third-order valence-corrected chi connectivity index (χ3v) is 1.50. The molecule has 0 saturated heterocycles. The highest BCUT2D eigenvalue weighted by Gasteiger charge is 1.88. The van der Waals surface area contributed by atoms with E-state index in [1.807, 2.05) is 6.92 Å². The lowest BCUT2D eigenvalue weighted by Crippen LogP contribution is -1.90. The SMILES string of the molecule is C=C/C(F)=C\C=C(/C)OCCCC. The maximum Gasteiger partial charge on any atom is 0.122 e. The van der Waals surface area contributed by atoms with Crippen LogP contribution in [0, 0.1) is 0 Å². The molecule has 0 aliphatic carbocycles. The van der Waals surface area contributed by atoms with Crippen LogP contribution >= 0.6 is 0 Å². The van der Waals surface area contributed by atoms with Gasteiger partial charge in [0.1, 0.15) is 5.83 Å². The van der Waals surface area contributed by atoms with Gasteiger partial charge in [-0.3, -0.25) is 0 Å². The van der Waals surface area contributed by atoms with Gasteiger partial charge in [-0.25, -0.2) is 4.39 Å². The van der Waals surface area contributed by atoms with Gasteiger partial charge < -0.3 is 4.74 Å². The highest BCUT2D eigenvalue weighted by molar-refractivity contribution is 5.16. The van der Waals surface area contributed by atoms with Gasteiger partial charge in [-0.05, 0) is 31.6 Å². The van der Waals surface area contributed by atoms with Crippen LogP contribution in [0.25, 0.3) is 0 Å². The Morgan fingerprint density at radius 3 is 2.69 bits per heavy atom. The van der Waals surface area contributed by atoms with Crippen molar-refractivity contribution in [2.24, 2.45) is 0 Å². The Labute approximate surface area is 79.6 Å². The maximum absolute atomic E-state index is 12.5. The van der Waals surface area contributed by atoms with Crippen LogP contribution in [-0.4, -0.2) is 6.61 Å². The van der Waals surface area contributed by atoms with Crippen molar-refractivity contribution in [3.8, 4) is 0 Å². The Kier molecular flexibility index (Phi) is 6.98. The van der Waals surface area contributed by atoms with Gasteiger partial charge in [0.2, 0.25) is 0 Å². The van der Waals surface area contributed by atoms with Crippen molar-refractivity contribution in [3.63, 3.8) is 0 Å². The second-order valence-electron chi connectivity index (χ2n) is 2.74. The van der Waals surface area contributed by atoms with E-state index in [2.05, 4.69) is 13.5 Å². The summed E-state index contributed by atoms with van der Waals surface area (Å²) >= 11 is 0. The summed E-state index contributed by atoms with van der Waals surface area (Å²) < 4.78 is 17.8. The van der Waals surface area contributed by atoms with E-state index >= 15 is 0 Å². The second kappa shape index (κ2) is 7.59. The van der Waals surface area contributed by atoms with Gasteiger partial charge in [0.25, 0.3) is 0 Å². The fraction of sp³-hybridized carbons (Fsp3) is 0.455. The lowest BCUT2D eigenvalue weighted by atomic mass is 10.3. The first-order valence-electron chi connectivity index (χ1n) is 4.50. The summed E-state index contributed by atoms with van der Waals surface area (Å²) in [6.07, 6.45) is 6.24. The van der Waals surface area contributed by atoms with Crippen LogP contribution in [0.4, 0.5) is 4.39 Å². The van der Waals surface area contributed by atoms with Gasteiger partial charge in [0.05, 0.1) is 12.4 Å². The minimum Gasteiger partial charge on any atom is -0.498 e. The third kappa shape index (κ3) is 7.32. The first-order chi connectivity index (χ1) is 6.20. The van der Waals surface area contributed by atoms with E-state index < -0.39 is 0 Å². The molecule has 0 heterocycles. The molecule has 2 heteroatoms. The van der Waals surface area contributed by atoms with Crippen molar-refractivity contribution < 1.29 is 9.13 Å². The first kappa shape index (κ1) is 11.9. The minimum absolute atomic E-state index is 0.349. The van der Waals surface area contributed by atoms with Gasteiger partial charge in [-0.15, -0.1) is 0 Å². The van der Waals surface area contributed by atoms with Gasteiger partial charge >= 0.3 is 0 Å². The Morgan fingerprint density at radius 1 is 1.46 bits per heavy atom. The number of unbranched alkanes of at least 4 members (excludes halogenated alkanes) is 1. The lowest BCUT2D eigenvalue weighted by molar-refractivity contribution is 0.209. The fourth-order valence-electron chi connectivity index (χ4n) is 0.691. The summed E-state index contributed by atoms with van der Waals surface area (Å²) in [6.45, 7) is 7.90. The molecule has 74 valence electrons. The number of allylic oxidation sites excluding steroid dienone is 5. The topological polar surface area (TPSA) is 9.23 Å². The Balaban J connectivity index is 3.81. The molecule has 0 rings (SSSR count). The van der Waals surface area contributed by atoms with E-state index in [1.165, 1.54) is 6.08 Å². The largest absolute Gasteiger partial charge is 0.498 e. The molecule has 0 N–H and O–H groups in total. The molecule has 0 atom stereocenters. The van der Waals surface area contributed by atoms with Crippen LogP contribution in [0.3, 0.4) is 0 Å². The number of halogens is 1. The second-order valence-corrected chi connectivity index (χ2v) is 2.74. The molecular weight excluding hydrogens is 167 g/mol. The van der Waals surface area contributed by atoms with Crippen LogP contribution < -0.4 is 0 Å². The standard InChI is InChI=1S/C11H17FO/c1-4-6-9-13-10(3)7-8-11(12)5-2/h5,7-8H,2,4,6,9H2,1,3H3/b10-7+,11-8+. The van der Waals surface area contributed by atoms with E-state index in [1.54, 1.807) is 6.08 Å². The monoisotopic (exact) mass is 184 g/mol. The van der Waals surface area contributed by atoms with Crippen molar-refractivity contribution in [2.45, 2.75) is 26.7 Å². The van der Waals surface area contributed by atoms with E-state index in [9.17, 15) is 4.39 Å². The lowest BCUT2D eigenvalue weighted by Gasteiger charge is -2.03. The van der Waals surface area contributed by atoms with Crippen molar-refractivity contribution >= 4 is 0 Å². The molecule has 0 amide bonds. The average molecular weight is 184 g/mol. The van der Waals surface area contributed by atoms with Crippen LogP contribution in [0.2, 0.25) is 0 Å². The Morgan fingerprint density at radius 2 is 2.15 bits per heavy atom. The summed E-state index contributed by atoms with van der Waals surface area (Å²) in [5.74, 6) is 0.379. The van der Waals surface area contributed by atoms with E-state index in [4.69, 9.17) is 4.74 Å². The molecule has 0 aliphatic rings. The third-order valence-electron chi connectivity index (χ3n) is 1.50. The van der Waals surface area contributed by atoms with Gasteiger partial charge in [0.15, 0.2) is 0 Å². The van der Waals surface area contributed by atoms with Crippen molar-refractivity contribution in [1.29, 1.82) is 0 Å². The smallest absolute Gasteiger partial charge is 0.122 e. The normalized spacial score (nSPS) is 12.8. The summed E-state index contributed by atoms with van der Waals surface area (Å²) in [6, 6.07) is 0. The minimum atomic E-state index is -0.349. The summed E-state index contributed by atoms with van der Waals surface area (Å²) in [7, 11) is 0. The summed E-state index contributed by atoms with van der Waals surface area (Å²) in [5, 5.41) is 0. The molecule has 0 aliphatic heterocycles. The number of hydrogen-bond acceptors (Lipinski definition) is 1. The highest BCUT2D eigenvalue weighted by Crippen LogP contribution is 2.02. The molecule has 13 heavy (non-hydrogen) atoms. The molecule has 0 saturated carbocycles. The van der Waals surface area contributed by atoms with Crippen LogP contribution in [-0.2, 0) is 4.74 Å². The van der Waals surface area contributed by atoms with Gasteiger partial charge in [0, 0.05) is 0 Å². The molecule has 0 fully saturated rings. The Bertz CT molecular complexity index is 204. The highest BCUT2D eigenvalue weighted by atomic mass is 19.1. The van der Waals surface area contributed by atoms with E-state index in [-0.39, 0.29) is 5.83 Å². The maximum atomic E-state index is 12.5. The molecule has 0 radical (unpaired) electrons. The van der Waals surface area contributed by atoms with E-state index in [0.29, 0.717) is 6.61 Å². The predicted molar refractivity (Wildman–Crippen MR) is 54.0 cm³/mol. The van der Waals surface area contributed by atoms with Crippen LogP contribution in [0.1, 0.15) is 26.7 Å². The van der Waals surface area contributed by atoms with Crippen molar-refractivity contribution in [2.75, 3.05) is 6.61 Å². The molecular formula is C11H17FO. The van der Waals surface area contributed by atoms with E-state index in [0.717, 1.165) is 24.7 Å². The number of rotatable bonds is 6. The van der Waals surface area contributed by atoms with Crippen LogP contribution in [0.15, 0.2) is 36.4 Å². The molecule has 0 aromatic carbocycles. The summed E-state index contributed by atoms with van der Waals surface area (Å²) in [5.41, 5.74) is 0. The molecule has 0 spiro atoms. The first-order valence-corrected chi connectivity index (χ1v) is 4.50. The zero-order chi connectivity index (χ0) is 10.1. The van der Waals surface area contributed by atoms with Gasteiger partial charge in [-0.1, -0.05) is 19.9 Å². The molecule has 0 aromatic heterocycles. The zero-order valence-corrected chi connectivity index (χ0v) is 8.35. The fourth-order valence-corrected chi connectivity index (χ4v) is 0.691. The molecule has 1 nitrogen and oxygen atoms in total. The zero-order valence-electron chi connectivity index (χ0n) is 8.35.